The van der Waals surface area contributed by atoms with Crippen LogP contribution < -0.4 is 28.0 Å². The third-order valence-corrected chi connectivity index (χ3v) is 4.57. The average Bonchev–Trinajstić information content (AvgIpc) is 2.98. The van der Waals surface area contributed by atoms with Gasteiger partial charge in [0, 0.05) is 18.7 Å². The summed E-state index contributed by atoms with van der Waals surface area (Å²) in [6, 6.07) is -2.43. The molecule has 2 amide bonds. The zero-order chi connectivity index (χ0) is 24.2. The molecule has 2 heterocycles. The highest BCUT2D eigenvalue weighted by Gasteiger charge is 2.50. The molecule has 16 heteroatoms. The summed E-state index contributed by atoms with van der Waals surface area (Å²) in [5, 5.41) is 41.7. The van der Waals surface area contributed by atoms with Crippen molar-refractivity contribution in [2.45, 2.75) is 49.1 Å². The number of nitrogens with one attached hydrogen (secondary N) is 2. The molecule has 3 unspecified atom stereocenters. The number of carbonyl (C=O) groups excluding carboxylic acids is 2. The molecule has 1 saturated heterocycles. The number of carbonyl (C=O) groups is 3. The van der Waals surface area contributed by atoms with Crippen molar-refractivity contribution in [1.82, 2.24) is 14.9 Å². The van der Waals surface area contributed by atoms with Gasteiger partial charge >= 0.3 is 17.8 Å². The summed E-state index contributed by atoms with van der Waals surface area (Å²) in [4.78, 5) is 59.5. The lowest BCUT2D eigenvalue weighted by Gasteiger charge is -2.25. The number of amides is 2. The monoisotopic (exact) mass is 461 g/mol. The highest BCUT2D eigenvalue weighted by molar-refractivity contribution is 5.87. The number of rotatable bonds is 9. The van der Waals surface area contributed by atoms with Crippen LogP contribution in [-0.2, 0) is 19.1 Å². The van der Waals surface area contributed by atoms with E-state index < -0.39 is 85.0 Å². The number of hydrogen-bond donors (Lipinski definition) is 8. The molecule has 0 saturated carbocycles. The zero-order valence-electron chi connectivity index (χ0n) is 16.4. The van der Waals surface area contributed by atoms with Crippen LogP contribution in [0.4, 0.5) is 4.79 Å². The number of aliphatic hydroxyl groups excluding tert-OH is 3. The number of primary amides is 1. The van der Waals surface area contributed by atoms with Crippen molar-refractivity contribution in [3.8, 4) is 0 Å². The molecule has 0 aromatic carbocycles. The number of aliphatic carboxylic acids is 1. The van der Waals surface area contributed by atoms with E-state index >= 15 is 0 Å². The Balaban J connectivity index is 2.11. The zero-order valence-corrected chi connectivity index (χ0v) is 16.4. The number of aliphatic hydroxyl groups is 3. The molecular weight excluding hydrogens is 438 g/mol. The number of carboxylic acids is 1. The number of ether oxygens (including phenoxy) is 2. The molecule has 0 aliphatic carbocycles. The van der Waals surface area contributed by atoms with E-state index in [1.54, 1.807) is 0 Å². The highest BCUT2D eigenvalue weighted by Crippen LogP contribution is 2.30. The Bertz CT molecular complexity index is 962. The number of aromatic nitrogens is 2. The van der Waals surface area contributed by atoms with E-state index in [-0.39, 0.29) is 0 Å². The molecule has 0 spiro atoms. The predicted molar refractivity (Wildman–Crippen MR) is 101 cm³/mol. The molecule has 1 aliphatic rings. The van der Waals surface area contributed by atoms with Gasteiger partial charge in [-0.3, -0.25) is 19.1 Å². The smallest absolute Gasteiger partial charge is 0.404 e. The summed E-state index contributed by atoms with van der Waals surface area (Å²) < 4.78 is 10.4. The Morgan fingerprint density at radius 3 is 2.50 bits per heavy atom. The molecule has 1 aliphatic heterocycles. The summed E-state index contributed by atoms with van der Waals surface area (Å²) in [6.07, 6.45) is -8.92. The van der Waals surface area contributed by atoms with Crippen molar-refractivity contribution in [1.29, 1.82) is 0 Å². The minimum Gasteiger partial charge on any atom is -0.480 e. The van der Waals surface area contributed by atoms with Gasteiger partial charge in [0.2, 0.25) is 5.91 Å². The minimum absolute atomic E-state index is 0.433. The molecule has 16 nitrogen and oxygen atoms in total. The van der Waals surface area contributed by atoms with Gasteiger partial charge in [-0.05, 0) is 0 Å². The molecule has 32 heavy (non-hydrogen) atoms. The maximum absolute atomic E-state index is 12.3. The second-order valence-electron chi connectivity index (χ2n) is 6.94. The molecular formula is C16H23N5O11. The van der Waals surface area contributed by atoms with Crippen LogP contribution in [0.5, 0.6) is 0 Å². The van der Waals surface area contributed by atoms with Crippen molar-refractivity contribution < 1.29 is 44.3 Å². The van der Waals surface area contributed by atoms with Crippen molar-refractivity contribution in [2.24, 2.45) is 11.5 Å². The Labute approximate surface area is 178 Å². The molecule has 178 valence electrons. The van der Waals surface area contributed by atoms with E-state index in [9.17, 15) is 44.4 Å². The van der Waals surface area contributed by atoms with Crippen LogP contribution in [0.3, 0.4) is 0 Å². The number of aromatic amines is 1. The summed E-state index contributed by atoms with van der Waals surface area (Å²) >= 11 is 0. The fraction of sp³-hybridized carbons (Fsp3) is 0.562. The van der Waals surface area contributed by atoms with Crippen molar-refractivity contribution in [3.05, 3.63) is 33.1 Å². The summed E-state index contributed by atoms with van der Waals surface area (Å²) in [6.45, 7) is -0.551. The second kappa shape index (κ2) is 10.3. The van der Waals surface area contributed by atoms with E-state index in [1.165, 1.54) is 0 Å². The lowest BCUT2D eigenvalue weighted by molar-refractivity contribution is -0.149. The van der Waals surface area contributed by atoms with Gasteiger partial charge in [0.05, 0.1) is 12.1 Å². The third-order valence-electron chi connectivity index (χ3n) is 4.57. The van der Waals surface area contributed by atoms with Crippen LogP contribution in [0.15, 0.2) is 21.9 Å². The predicted octanol–water partition coefficient (Wildman–Crippen LogP) is -5.10. The first-order valence-electron chi connectivity index (χ1n) is 9.14. The largest absolute Gasteiger partial charge is 0.480 e. The Kier molecular flexibility index (Phi) is 8.06. The molecule has 1 aromatic rings. The van der Waals surface area contributed by atoms with Crippen molar-refractivity contribution in [2.75, 3.05) is 6.61 Å². The van der Waals surface area contributed by atoms with Gasteiger partial charge in [-0.15, -0.1) is 0 Å². The van der Waals surface area contributed by atoms with E-state index in [4.69, 9.17) is 16.2 Å². The Hall–Kier alpha value is -3.31. The Morgan fingerprint density at radius 1 is 1.28 bits per heavy atom. The van der Waals surface area contributed by atoms with Gasteiger partial charge in [-0.2, -0.15) is 0 Å². The molecule has 0 radical (unpaired) electrons. The molecule has 10 N–H and O–H groups in total. The van der Waals surface area contributed by atoms with Crippen LogP contribution in [0.2, 0.25) is 0 Å². The van der Waals surface area contributed by atoms with Gasteiger partial charge in [-0.25, -0.2) is 14.4 Å². The van der Waals surface area contributed by atoms with E-state index in [0.29, 0.717) is 0 Å². The van der Waals surface area contributed by atoms with Crippen LogP contribution in [0, 0.1) is 0 Å². The lowest BCUT2D eigenvalue weighted by atomic mass is 10.0. The second-order valence-corrected chi connectivity index (χ2v) is 6.94. The summed E-state index contributed by atoms with van der Waals surface area (Å²) in [7, 11) is 0. The van der Waals surface area contributed by atoms with Crippen LogP contribution in [-0.4, -0.2) is 91.1 Å². The summed E-state index contributed by atoms with van der Waals surface area (Å²) in [5.74, 6) is -2.72. The van der Waals surface area contributed by atoms with Crippen LogP contribution in [0.25, 0.3) is 0 Å². The Morgan fingerprint density at radius 2 is 1.94 bits per heavy atom. The van der Waals surface area contributed by atoms with Crippen LogP contribution >= 0.6 is 0 Å². The fourth-order valence-electron chi connectivity index (χ4n) is 3.01. The SMILES string of the molecule is NC(=O)OCC(O)CC(N)C(=O)NC(C(=O)O)[C@H]1O[C@@H](n2ccc(=O)[nH]c2=O)[C@H](O)[C@@H]1O. The molecule has 0 bridgehead atoms. The maximum atomic E-state index is 12.3. The normalized spacial score (nSPS) is 25.5. The van der Waals surface area contributed by atoms with Gasteiger partial charge in [0.15, 0.2) is 12.3 Å². The average molecular weight is 461 g/mol. The molecule has 7 atom stereocenters. The fourth-order valence-corrected chi connectivity index (χ4v) is 3.01. The van der Waals surface area contributed by atoms with E-state index in [1.807, 2.05) is 10.3 Å². The van der Waals surface area contributed by atoms with Gasteiger partial charge in [0.25, 0.3) is 5.56 Å². The number of hydrogen-bond acceptors (Lipinski definition) is 11. The van der Waals surface area contributed by atoms with Gasteiger partial charge in [-0.1, -0.05) is 0 Å². The van der Waals surface area contributed by atoms with Gasteiger partial charge < -0.3 is 46.7 Å². The minimum atomic E-state index is -1.92. The lowest BCUT2D eigenvalue weighted by Crippen LogP contribution is -2.56. The van der Waals surface area contributed by atoms with Crippen molar-refractivity contribution >= 4 is 18.0 Å². The number of H-pyrrole nitrogens is 1. The number of carboxylic acid groups (broad SMARTS) is 1. The van der Waals surface area contributed by atoms with E-state index in [0.717, 1.165) is 16.8 Å². The first kappa shape index (κ1) is 25.0. The third kappa shape index (κ3) is 5.89. The topological polar surface area (TPSA) is 270 Å². The molecule has 1 aromatic heterocycles. The first-order chi connectivity index (χ1) is 14.9. The number of nitrogens with zero attached hydrogens (tertiary/aromatic N) is 1. The van der Waals surface area contributed by atoms with Crippen molar-refractivity contribution in [3.63, 3.8) is 0 Å². The first-order valence-corrected chi connectivity index (χ1v) is 9.14. The molecule has 1 fully saturated rings. The van der Waals surface area contributed by atoms with Crippen LogP contribution in [0.1, 0.15) is 12.6 Å². The standard InChI is InChI=1S/C16H23N5O11/c17-6(3-5(22)4-31-15(18)29)12(26)20-8(14(27)28)11-9(24)10(25)13(32-11)21-2-1-7(23)19-16(21)30/h1-2,5-6,8-11,13,22,24-25H,3-4,17H2,(H2,18,29)(H,20,26)(H,27,28)(H,19,23,30)/t5?,6?,8?,9-,10+,11+,13+/m0/s1. The molecule has 2 rings (SSSR count). The quantitative estimate of drug-likeness (QED) is 0.171. The number of nitrogens with two attached hydrogens (primary N) is 2. The highest BCUT2D eigenvalue weighted by atomic mass is 16.6. The maximum Gasteiger partial charge on any atom is 0.404 e. The van der Waals surface area contributed by atoms with Gasteiger partial charge in [0.1, 0.15) is 24.9 Å². The van der Waals surface area contributed by atoms with E-state index in [2.05, 4.69) is 4.74 Å². The summed E-state index contributed by atoms with van der Waals surface area (Å²) in [5.41, 5.74) is 8.65.